The van der Waals surface area contributed by atoms with Gasteiger partial charge in [-0.05, 0) is 68.7 Å². The molecule has 0 bridgehead atoms. The Labute approximate surface area is 114 Å². The van der Waals surface area contributed by atoms with Crippen LogP contribution in [0.5, 0.6) is 0 Å². The number of aliphatic hydroxyl groups excluding tert-OH is 1. The number of hydrogen-bond acceptors (Lipinski definition) is 2. The molecule has 1 aromatic carbocycles. The molecule has 1 saturated carbocycles. The van der Waals surface area contributed by atoms with Gasteiger partial charge in [0.2, 0.25) is 0 Å². The summed E-state index contributed by atoms with van der Waals surface area (Å²) >= 11 is 0. The second kappa shape index (κ2) is 6.49. The molecule has 1 fully saturated rings. The van der Waals surface area contributed by atoms with Crippen LogP contribution in [-0.4, -0.2) is 23.9 Å². The van der Waals surface area contributed by atoms with E-state index in [1.807, 2.05) is 13.8 Å². The van der Waals surface area contributed by atoms with Crippen LogP contribution in [0.15, 0.2) is 18.2 Å². The molecule has 0 aromatic heterocycles. The molecule has 1 atom stereocenters. The number of rotatable bonds is 6. The van der Waals surface area contributed by atoms with Crippen LogP contribution in [0.4, 0.5) is 4.39 Å². The standard InChI is InChI=1S/C16H23FO2/c1-3-19-16-7-12(8-16)6-15(18)10-13-9-14(17)5-4-11(13)2/h4-5,9,12,15-16,18H,3,6-8,10H2,1-2H3. The van der Waals surface area contributed by atoms with Crippen LogP contribution in [0.2, 0.25) is 0 Å². The number of benzene rings is 1. The van der Waals surface area contributed by atoms with Gasteiger partial charge in [0, 0.05) is 6.61 Å². The molecule has 0 heterocycles. The normalized spacial score (nSPS) is 24.0. The van der Waals surface area contributed by atoms with E-state index >= 15 is 0 Å². The second-order valence-corrected chi connectivity index (χ2v) is 5.58. The van der Waals surface area contributed by atoms with Gasteiger partial charge in [0.25, 0.3) is 0 Å². The minimum atomic E-state index is -0.381. The van der Waals surface area contributed by atoms with Crippen molar-refractivity contribution in [2.75, 3.05) is 6.61 Å². The molecule has 2 nitrogen and oxygen atoms in total. The maximum absolute atomic E-state index is 13.2. The lowest BCUT2D eigenvalue weighted by Gasteiger charge is -2.36. The first kappa shape index (κ1) is 14.5. The molecule has 1 N–H and O–H groups in total. The molecule has 106 valence electrons. The van der Waals surface area contributed by atoms with Gasteiger partial charge in [-0.3, -0.25) is 0 Å². The highest BCUT2D eigenvalue weighted by molar-refractivity contribution is 5.27. The van der Waals surface area contributed by atoms with E-state index in [1.165, 1.54) is 12.1 Å². The first-order valence-corrected chi connectivity index (χ1v) is 7.13. The fourth-order valence-electron chi connectivity index (χ4n) is 2.82. The summed E-state index contributed by atoms with van der Waals surface area (Å²) in [7, 11) is 0. The van der Waals surface area contributed by atoms with Crippen molar-refractivity contribution in [3.63, 3.8) is 0 Å². The third-order valence-electron chi connectivity index (χ3n) is 3.97. The smallest absolute Gasteiger partial charge is 0.123 e. The Morgan fingerprint density at radius 1 is 1.42 bits per heavy atom. The first-order valence-electron chi connectivity index (χ1n) is 7.13. The fourth-order valence-corrected chi connectivity index (χ4v) is 2.82. The zero-order valence-corrected chi connectivity index (χ0v) is 11.7. The van der Waals surface area contributed by atoms with Crippen LogP contribution in [0.1, 0.15) is 37.3 Å². The van der Waals surface area contributed by atoms with Crippen LogP contribution in [0, 0.1) is 18.7 Å². The molecular weight excluding hydrogens is 243 g/mol. The van der Waals surface area contributed by atoms with Crippen LogP contribution in [0.25, 0.3) is 0 Å². The highest BCUT2D eigenvalue weighted by atomic mass is 19.1. The van der Waals surface area contributed by atoms with Gasteiger partial charge in [-0.1, -0.05) is 6.07 Å². The molecular formula is C16H23FO2. The fraction of sp³-hybridized carbons (Fsp3) is 0.625. The first-order chi connectivity index (χ1) is 9.08. The SMILES string of the molecule is CCOC1CC(CC(O)Cc2cc(F)ccc2C)C1. The third kappa shape index (κ3) is 4.02. The highest BCUT2D eigenvalue weighted by Gasteiger charge is 2.31. The Kier molecular flexibility index (Phi) is 4.94. The van der Waals surface area contributed by atoms with Gasteiger partial charge < -0.3 is 9.84 Å². The lowest BCUT2D eigenvalue weighted by atomic mass is 9.78. The number of halogens is 1. The predicted molar refractivity (Wildman–Crippen MR) is 73.6 cm³/mol. The summed E-state index contributed by atoms with van der Waals surface area (Å²) in [6.07, 6.45) is 3.44. The van der Waals surface area contributed by atoms with E-state index in [1.54, 1.807) is 6.07 Å². The van der Waals surface area contributed by atoms with E-state index in [9.17, 15) is 9.50 Å². The molecule has 1 aliphatic carbocycles. The average Bonchev–Trinajstić information content (AvgIpc) is 2.31. The summed E-state index contributed by atoms with van der Waals surface area (Å²) in [4.78, 5) is 0. The summed E-state index contributed by atoms with van der Waals surface area (Å²) < 4.78 is 18.7. The van der Waals surface area contributed by atoms with Crippen molar-refractivity contribution in [2.24, 2.45) is 5.92 Å². The molecule has 0 spiro atoms. The minimum absolute atomic E-state index is 0.229. The maximum Gasteiger partial charge on any atom is 0.123 e. The number of aliphatic hydroxyl groups is 1. The van der Waals surface area contributed by atoms with Crippen LogP contribution in [0.3, 0.4) is 0 Å². The minimum Gasteiger partial charge on any atom is -0.393 e. The Morgan fingerprint density at radius 2 is 2.16 bits per heavy atom. The van der Waals surface area contributed by atoms with Crippen molar-refractivity contribution in [2.45, 2.75) is 51.7 Å². The van der Waals surface area contributed by atoms with Crippen molar-refractivity contribution >= 4 is 0 Å². The number of aryl methyl sites for hydroxylation is 1. The maximum atomic E-state index is 13.2. The van der Waals surface area contributed by atoms with Gasteiger partial charge in [-0.25, -0.2) is 4.39 Å². The van der Waals surface area contributed by atoms with Crippen LogP contribution < -0.4 is 0 Å². The molecule has 0 saturated heterocycles. The van der Waals surface area contributed by atoms with Crippen molar-refractivity contribution in [3.8, 4) is 0 Å². The molecule has 2 rings (SSSR count). The molecule has 0 radical (unpaired) electrons. The van der Waals surface area contributed by atoms with E-state index in [-0.39, 0.29) is 11.9 Å². The topological polar surface area (TPSA) is 29.5 Å². The van der Waals surface area contributed by atoms with Crippen LogP contribution >= 0.6 is 0 Å². The Bertz CT molecular complexity index is 413. The van der Waals surface area contributed by atoms with Gasteiger partial charge in [-0.2, -0.15) is 0 Å². The average molecular weight is 266 g/mol. The van der Waals surface area contributed by atoms with Gasteiger partial charge in [0.05, 0.1) is 12.2 Å². The van der Waals surface area contributed by atoms with Gasteiger partial charge >= 0.3 is 0 Å². The number of ether oxygens (including phenoxy) is 1. The van der Waals surface area contributed by atoms with Crippen molar-refractivity contribution in [1.29, 1.82) is 0 Å². The number of hydrogen-bond donors (Lipinski definition) is 1. The highest BCUT2D eigenvalue weighted by Crippen LogP contribution is 2.34. The van der Waals surface area contributed by atoms with Gasteiger partial charge in [-0.15, -0.1) is 0 Å². The molecule has 0 aliphatic heterocycles. The second-order valence-electron chi connectivity index (χ2n) is 5.58. The monoisotopic (exact) mass is 266 g/mol. The predicted octanol–water partition coefficient (Wildman–Crippen LogP) is 3.24. The Morgan fingerprint density at radius 3 is 2.84 bits per heavy atom. The Balaban J connectivity index is 1.79. The van der Waals surface area contributed by atoms with E-state index in [4.69, 9.17) is 4.74 Å². The quantitative estimate of drug-likeness (QED) is 0.856. The lowest BCUT2D eigenvalue weighted by molar-refractivity contribution is -0.0375. The molecule has 1 aliphatic rings. The molecule has 1 unspecified atom stereocenters. The molecule has 3 heteroatoms. The van der Waals surface area contributed by atoms with Crippen molar-refractivity contribution < 1.29 is 14.2 Å². The molecule has 0 amide bonds. The molecule has 19 heavy (non-hydrogen) atoms. The summed E-state index contributed by atoms with van der Waals surface area (Å²) in [6.45, 7) is 4.73. The van der Waals surface area contributed by atoms with E-state index in [0.29, 0.717) is 18.4 Å². The van der Waals surface area contributed by atoms with Crippen molar-refractivity contribution in [1.82, 2.24) is 0 Å². The largest absolute Gasteiger partial charge is 0.393 e. The zero-order chi connectivity index (χ0) is 13.8. The van der Waals surface area contributed by atoms with E-state index < -0.39 is 0 Å². The van der Waals surface area contributed by atoms with E-state index in [2.05, 4.69) is 0 Å². The van der Waals surface area contributed by atoms with Gasteiger partial charge in [0.15, 0.2) is 0 Å². The van der Waals surface area contributed by atoms with E-state index in [0.717, 1.165) is 37.0 Å². The summed E-state index contributed by atoms with van der Waals surface area (Å²) in [5, 5.41) is 10.1. The Hall–Kier alpha value is -0.930. The summed E-state index contributed by atoms with van der Waals surface area (Å²) in [5.74, 6) is 0.327. The molecule has 1 aromatic rings. The summed E-state index contributed by atoms with van der Waals surface area (Å²) in [5.41, 5.74) is 1.95. The van der Waals surface area contributed by atoms with Gasteiger partial charge in [0.1, 0.15) is 5.82 Å². The zero-order valence-electron chi connectivity index (χ0n) is 11.7. The third-order valence-corrected chi connectivity index (χ3v) is 3.97. The van der Waals surface area contributed by atoms with Crippen molar-refractivity contribution in [3.05, 3.63) is 35.1 Å². The van der Waals surface area contributed by atoms with Crippen LogP contribution in [-0.2, 0) is 11.2 Å². The lowest BCUT2D eigenvalue weighted by Crippen LogP contribution is -2.34. The summed E-state index contributed by atoms with van der Waals surface area (Å²) in [6, 6.07) is 4.76.